The van der Waals surface area contributed by atoms with E-state index in [4.69, 9.17) is 4.74 Å². The lowest BCUT2D eigenvalue weighted by molar-refractivity contribution is -0.141. The molecule has 0 aliphatic carbocycles. The maximum absolute atomic E-state index is 12.4. The van der Waals surface area contributed by atoms with Crippen molar-refractivity contribution in [1.82, 2.24) is 19.6 Å². The third-order valence-corrected chi connectivity index (χ3v) is 4.46. The summed E-state index contributed by atoms with van der Waals surface area (Å²) < 4.78 is 7.27. The van der Waals surface area contributed by atoms with Crippen LogP contribution in [0, 0.1) is 5.92 Å². The van der Waals surface area contributed by atoms with Crippen molar-refractivity contribution in [2.45, 2.75) is 19.4 Å². The topological polar surface area (TPSA) is 50.6 Å². The van der Waals surface area contributed by atoms with Gasteiger partial charge in [-0.1, -0.05) is 0 Å². The van der Waals surface area contributed by atoms with Gasteiger partial charge in [-0.05, 0) is 32.0 Å². The van der Waals surface area contributed by atoms with Crippen LogP contribution in [0.25, 0.3) is 0 Å². The van der Waals surface area contributed by atoms with Crippen LogP contribution in [0.3, 0.4) is 0 Å². The summed E-state index contributed by atoms with van der Waals surface area (Å²) in [6.07, 6.45) is 5.77. The lowest BCUT2D eigenvalue weighted by atomic mass is 9.95. The Balaban J connectivity index is 1.41. The zero-order valence-electron chi connectivity index (χ0n) is 12.5. The van der Waals surface area contributed by atoms with Crippen molar-refractivity contribution in [2.75, 3.05) is 45.9 Å². The Bertz CT molecular complexity index is 435. The quantitative estimate of drug-likeness (QED) is 0.809. The number of amides is 1. The lowest BCUT2D eigenvalue weighted by Crippen LogP contribution is -2.47. The first-order valence-corrected chi connectivity index (χ1v) is 7.89. The smallest absolute Gasteiger partial charge is 0.225 e. The molecule has 2 saturated heterocycles. The normalized spacial score (nSPS) is 21.6. The molecular formula is C15H24N4O2. The molecule has 1 aromatic rings. The highest BCUT2D eigenvalue weighted by atomic mass is 16.5. The summed E-state index contributed by atoms with van der Waals surface area (Å²) in [6, 6.07) is 1.95. The third-order valence-electron chi connectivity index (χ3n) is 4.46. The van der Waals surface area contributed by atoms with Gasteiger partial charge >= 0.3 is 0 Å². The number of carbonyl (C=O) groups excluding carboxylic acids is 1. The highest BCUT2D eigenvalue weighted by Gasteiger charge is 2.29. The second-order valence-electron chi connectivity index (χ2n) is 5.82. The van der Waals surface area contributed by atoms with Crippen molar-refractivity contribution < 1.29 is 9.53 Å². The molecule has 6 heteroatoms. The van der Waals surface area contributed by atoms with E-state index in [1.54, 1.807) is 0 Å². The molecule has 2 aliphatic rings. The second-order valence-corrected chi connectivity index (χ2v) is 5.82. The van der Waals surface area contributed by atoms with Gasteiger partial charge in [0.1, 0.15) is 0 Å². The Kier molecular flexibility index (Phi) is 4.87. The van der Waals surface area contributed by atoms with Crippen LogP contribution in [0.1, 0.15) is 12.8 Å². The zero-order valence-corrected chi connectivity index (χ0v) is 12.5. The standard InChI is InChI=1S/C15H24N4O2/c20-15(18-10-12-21-13-11-18)14-2-6-17(7-3-14)8-9-19-5-1-4-16-19/h1,4-5,14H,2-3,6-13H2. The predicted molar refractivity (Wildman–Crippen MR) is 78.8 cm³/mol. The zero-order chi connectivity index (χ0) is 14.5. The number of hydrogen-bond acceptors (Lipinski definition) is 4. The molecule has 2 fully saturated rings. The second kappa shape index (κ2) is 7.04. The fraction of sp³-hybridized carbons (Fsp3) is 0.733. The van der Waals surface area contributed by atoms with Crippen molar-refractivity contribution in [2.24, 2.45) is 5.92 Å². The van der Waals surface area contributed by atoms with Crippen molar-refractivity contribution in [3.63, 3.8) is 0 Å². The molecule has 3 rings (SSSR count). The van der Waals surface area contributed by atoms with Crippen LogP contribution in [-0.4, -0.2) is 71.4 Å². The van der Waals surface area contributed by atoms with Crippen LogP contribution in [0.2, 0.25) is 0 Å². The van der Waals surface area contributed by atoms with Gasteiger partial charge in [-0.25, -0.2) is 0 Å². The van der Waals surface area contributed by atoms with E-state index in [0.29, 0.717) is 19.1 Å². The van der Waals surface area contributed by atoms with Gasteiger partial charge in [-0.3, -0.25) is 9.48 Å². The molecule has 0 N–H and O–H groups in total. The summed E-state index contributed by atoms with van der Waals surface area (Å²) in [7, 11) is 0. The molecule has 0 spiro atoms. The molecule has 1 amide bonds. The van der Waals surface area contributed by atoms with Gasteiger partial charge in [-0.2, -0.15) is 5.10 Å². The highest BCUT2D eigenvalue weighted by molar-refractivity contribution is 5.79. The largest absolute Gasteiger partial charge is 0.378 e. The lowest BCUT2D eigenvalue weighted by Gasteiger charge is -2.35. The number of piperidine rings is 1. The van der Waals surface area contributed by atoms with E-state index < -0.39 is 0 Å². The molecule has 2 aliphatic heterocycles. The molecule has 21 heavy (non-hydrogen) atoms. The van der Waals surface area contributed by atoms with Gasteiger partial charge in [0.15, 0.2) is 0 Å². The summed E-state index contributed by atoms with van der Waals surface area (Å²) in [4.78, 5) is 16.9. The molecule has 116 valence electrons. The maximum Gasteiger partial charge on any atom is 0.225 e. The van der Waals surface area contributed by atoms with Gasteiger partial charge in [0.05, 0.1) is 19.8 Å². The van der Waals surface area contributed by atoms with E-state index in [0.717, 1.165) is 52.1 Å². The summed E-state index contributed by atoms with van der Waals surface area (Å²) in [6.45, 7) is 6.87. The minimum atomic E-state index is 0.212. The summed E-state index contributed by atoms with van der Waals surface area (Å²) in [5, 5.41) is 4.22. The Morgan fingerprint density at radius 2 is 1.90 bits per heavy atom. The minimum absolute atomic E-state index is 0.212. The van der Waals surface area contributed by atoms with Crippen LogP contribution >= 0.6 is 0 Å². The number of morpholine rings is 1. The third kappa shape index (κ3) is 3.83. The Labute approximate surface area is 125 Å². The van der Waals surface area contributed by atoms with Crippen molar-refractivity contribution in [3.8, 4) is 0 Å². The Hall–Kier alpha value is -1.40. The van der Waals surface area contributed by atoms with E-state index >= 15 is 0 Å². The number of nitrogens with zero attached hydrogens (tertiary/aromatic N) is 4. The number of rotatable bonds is 4. The SMILES string of the molecule is O=C(C1CCN(CCn2cccn2)CC1)N1CCOCC1. The molecular weight excluding hydrogens is 268 g/mol. The van der Waals surface area contributed by atoms with E-state index in [1.165, 1.54) is 0 Å². The van der Waals surface area contributed by atoms with Crippen LogP contribution in [0.15, 0.2) is 18.5 Å². The average molecular weight is 292 g/mol. The van der Waals surface area contributed by atoms with Crippen molar-refractivity contribution in [1.29, 1.82) is 0 Å². The predicted octanol–water partition coefficient (Wildman–Crippen LogP) is 0.454. The van der Waals surface area contributed by atoms with E-state index in [9.17, 15) is 4.79 Å². The maximum atomic E-state index is 12.4. The summed E-state index contributed by atoms with van der Waals surface area (Å²) in [5.41, 5.74) is 0. The average Bonchev–Trinajstić information content (AvgIpc) is 3.07. The molecule has 3 heterocycles. The number of aromatic nitrogens is 2. The molecule has 0 bridgehead atoms. The molecule has 6 nitrogen and oxygen atoms in total. The van der Waals surface area contributed by atoms with E-state index in [2.05, 4.69) is 10.00 Å². The monoisotopic (exact) mass is 292 g/mol. The molecule has 0 aromatic carbocycles. The Morgan fingerprint density at radius 1 is 1.14 bits per heavy atom. The van der Waals surface area contributed by atoms with Gasteiger partial charge < -0.3 is 14.5 Å². The van der Waals surface area contributed by atoms with Gasteiger partial charge in [0.2, 0.25) is 5.91 Å². The van der Waals surface area contributed by atoms with E-state index in [-0.39, 0.29) is 5.92 Å². The summed E-state index contributed by atoms with van der Waals surface area (Å²) in [5.74, 6) is 0.550. The minimum Gasteiger partial charge on any atom is -0.378 e. The van der Waals surface area contributed by atoms with Crippen LogP contribution < -0.4 is 0 Å². The summed E-state index contributed by atoms with van der Waals surface area (Å²) >= 11 is 0. The molecule has 0 saturated carbocycles. The number of ether oxygens (including phenoxy) is 1. The number of hydrogen-bond donors (Lipinski definition) is 0. The first-order valence-electron chi connectivity index (χ1n) is 7.89. The van der Waals surface area contributed by atoms with Crippen LogP contribution in [0.4, 0.5) is 0 Å². The van der Waals surface area contributed by atoms with Gasteiger partial charge in [-0.15, -0.1) is 0 Å². The van der Waals surface area contributed by atoms with E-state index in [1.807, 2.05) is 28.0 Å². The highest BCUT2D eigenvalue weighted by Crippen LogP contribution is 2.20. The fourth-order valence-corrected chi connectivity index (χ4v) is 3.12. The van der Waals surface area contributed by atoms with Crippen LogP contribution in [-0.2, 0) is 16.1 Å². The first kappa shape index (κ1) is 14.5. The van der Waals surface area contributed by atoms with Crippen LogP contribution in [0.5, 0.6) is 0 Å². The molecule has 0 radical (unpaired) electrons. The first-order chi connectivity index (χ1) is 10.3. The van der Waals surface area contributed by atoms with Gasteiger partial charge in [0, 0.05) is 37.9 Å². The number of likely N-dealkylation sites (tertiary alicyclic amines) is 1. The van der Waals surface area contributed by atoms with Crippen molar-refractivity contribution in [3.05, 3.63) is 18.5 Å². The number of carbonyl (C=O) groups is 1. The molecule has 0 atom stereocenters. The Morgan fingerprint density at radius 3 is 2.57 bits per heavy atom. The van der Waals surface area contributed by atoms with Gasteiger partial charge in [0.25, 0.3) is 0 Å². The molecule has 1 aromatic heterocycles. The van der Waals surface area contributed by atoms with Crippen molar-refractivity contribution >= 4 is 5.91 Å². The fourth-order valence-electron chi connectivity index (χ4n) is 3.12. The molecule has 0 unspecified atom stereocenters.